The third kappa shape index (κ3) is 3.13. The summed E-state index contributed by atoms with van der Waals surface area (Å²) < 4.78 is 14.7. The Morgan fingerprint density at radius 3 is 2.50 bits per heavy atom. The van der Waals surface area contributed by atoms with Crippen LogP contribution in [0.4, 0.5) is 0 Å². The van der Waals surface area contributed by atoms with Crippen molar-refractivity contribution in [2.24, 2.45) is 4.40 Å². The van der Waals surface area contributed by atoms with Gasteiger partial charge in [0.2, 0.25) is 0 Å². The standard InChI is InChI=1S/C7H5NOS.C4H6O2/c9-10-7-4-2-1-3-6(7)5-8-10;1-3(2)4(5)6/h1-5H;1H2,2H3,(H,5,6). The molecule has 1 N–H and O–H groups in total. The molecule has 0 spiro atoms. The molecule has 84 valence electrons. The van der Waals surface area contributed by atoms with Gasteiger partial charge in [0.1, 0.15) is 0 Å². The summed E-state index contributed by atoms with van der Waals surface area (Å²) in [4.78, 5) is 10.4. The van der Waals surface area contributed by atoms with Gasteiger partial charge >= 0.3 is 5.97 Å². The molecule has 16 heavy (non-hydrogen) atoms. The van der Waals surface area contributed by atoms with Gasteiger partial charge in [0.15, 0.2) is 11.0 Å². The predicted octanol–water partition coefficient (Wildman–Crippen LogP) is 1.79. The number of carboxylic acids is 1. The van der Waals surface area contributed by atoms with Gasteiger partial charge < -0.3 is 5.11 Å². The predicted molar refractivity (Wildman–Crippen MR) is 62.9 cm³/mol. The molecule has 0 bridgehead atoms. The second-order valence-corrected chi connectivity index (χ2v) is 4.26. The van der Waals surface area contributed by atoms with Crippen molar-refractivity contribution in [3.63, 3.8) is 0 Å². The van der Waals surface area contributed by atoms with E-state index in [9.17, 15) is 9.00 Å². The van der Waals surface area contributed by atoms with E-state index in [2.05, 4.69) is 11.0 Å². The van der Waals surface area contributed by atoms with E-state index in [1.54, 1.807) is 6.21 Å². The number of hydrogen-bond donors (Lipinski definition) is 1. The second kappa shape index (κ2) is 5.37. The lowest BCUT2D eigenvalue weighted by Gasteiger charge is -1.90. The fourth-order valence-corrected chi connectivity index (χ4v) is 1.75. The molecule has 1 atom stereocenters. The molecule has 1 aromatic carbocycles. The van der Waals surface area contributed by atoms with E-state index in [0.717, 1.165) is 10.5 Å². The number of hydrogen-bond acceptors (Lipinski definition) is 2. The highest BCUT2D eigenvalue weighted by molar-refractivity contribution is 7.84. The van der Waals surface area contributed by atoms with Crippen LogP contribution in [0.2, 0.25) is 0 Å². The molecule has 1 aliphatic rings. The first-order valence-corrected chi connectivity index (χ1v) is 5.57. The van der Waals surface area contributed by atoms with Gasteiger partial charge in [0.05, 0.1) is 4.90 Å². The third-order valence-corrected chi connectivity index (χ3v) is 2.80. The fraction of sp³-hybridized carbons (Fsp3) is 0.0909. The van der Waals surface area contributed by atoms with Crippen molar-refractivity contribution in [1.82, 2.24) is 0 Å². The Bertz CT molecular complexity index is 468. The highest BCUT2D eigenvalue weighted by Crippen LogP contribution is 2.17. The van der Waals surface area contributed by atoms with Crippen molar-refractivity contribution in [3.8, 4) is 0 Å². The molecule has 0 amide bonds. The highest BCUT2D eigenvalue weighted by atomic mass is 32.2. The molecular weight excluding hydrogens is 226 g/mol. The van der Waals surface area contributed by atoms with Crippen LogP contribution < -0.4 is 0 Å². The zero-order valence-electron chi connectivity index (χ0n) is 8.71. The Balaban J connectivity index is 0.000000187. The lowest BCUT2D eigenvalue weighted by molar-refractivity contribution is -0.132. The van der Waals surface area contributed by atoms with Crippen molar-refractivity contribution >= 4 is 23.2 Å². The van der Waals surface area contributed by atoms with Crippen LogP contribution in [0.15, 0.2) is 45.7 Å². The molecule has 0 aliphatic carbocycles. The molecule has 0 fully saturated rings. The monoisotopic (exact) mass is 237 g/mol. The minimum absolute atomic E-state index is 0.176. The summed E-state index contributed by atoms with van der Waals surface area (Å²) in [5.41, 5.74) is 1.15. The number of benzene rings is 1. The summed E-state index contributed by atoms with van der Waals surface area (Å²) in [5, 5.41) is 7.89. The smallest absolute Gasteiger partial charge is 0.330 e. The molecule has 0 radical (unpaired) electrons. The number of rotatable bonds is 1. The summed E-state index contributed by atoms with van der Waals surface area (Å²) in [6.45, 7) is 4.60. The Kier molecular flexibility index (Phi) is 4.13. The Morgan fingerprint density at radius 2 is 2.00 bits per heavy atom. The van der Waals surface area contributed by atoms with Crippen LogP contribution in [0.25, 0.3) is 0 Å². The van der Waals surface area contributed by atoms with E-state index in [0.29, 0.717) is 0 Å². The van der Waals surface area contributed by atoms with Crippen LogP contribution in [-0.4, -0.2) is 21.5 Å². The molecular formula is C11H11NO3S. The topological polar surface area (TPSA) is 66.7 Å². The molecule has 2 rings (SSSR count). The maximum atomic E-state index is 11.0. The summed E-state index contributed by atoms with van der Waals surface area (Å²) in [6.07, 6.45) is 1.64. The van der Waals surface area contributed by atoms with Gasteiger partial charge in [0.25, 0.3) is 0 Å². The van der Waals surface area contributed by atoms with Crippen molar-refractivity contribution in [1.29, 1.82) is 0 Å². The number of carbonyl (C=O) groups is 1. The molecule has 0 saturated heterocycles. The summed E-state index contributed by atoms with van der Waals surface area (Å²) in [5.74, 6) is -0.935. The average molecular weight is 237 g/mol. The average Bonchev–Trinajstić information content (AvgIpc) is 2.62. The zero-order chi connectivity index (χ0) is 12.1. The van der Waals surface area contributed by atoms with Crippen LogP contribution in [-0.2, 0) is 15.8 Å². The Hall–Kier alpha value is -1.75. The molecule has 1 aromatic rings. The Morgan fingerprint density at radius 1 is 1.44 bits per heavy atom. The van der Waals surface area contributed by atoms with Gasteiger partial charge in [-0.25, -0.2) is 9.00 Å². The van der Waals surface area contributed by atoms with Gasteiger partial charge in [-0.3, -0.25) is 0 Å². The maximum absolute atomic E-state index is 11.0. The maximum Gasteiger partial charge on any atom is 0.330 e. The molecule has 1 unspecified atom stereocenters. The van der Waals surface area contributed by atoms with Gasteiger partial charge in [-0.2, -0.15) is 4.40 Å². The molecule has 0 aromatic heterocycles. The number of aliphatic carboxylic acids is 1. The van der Waals surface area contributed by atoms with Gasteiger partial charge in [-0.05, 0) is 13.0 Å². The zero-order valence-corrected chi connectivity index (χ0v) is 9.53. The van der Waals surface area contributed by atoms with E-state index >= 15 is 0 Å². The lowest BCUT2D eigenvalue weighted by atomic mass is 10.2. The third-order valence-electron chi connectivity index (χ3n) is 1.76. The summed E-state index contributed by atoms with van der Waals surface area (Å²) >= 11 is 0. The lowest BCUT2D eigenvalue weighted by Crippen LogP contribution is -1.92. The number of carboxylic acid groups (broad SMARTS) is 1. The fourth-order valence-electron chi connectivity index (χ4n) is 0.908. The molecule has 0 saturated carbocycles. The minimum Gasteiger partial charge on any atom is -0.478 e. The van der Waals surface area contributed by atoms with E-state index in [4.69, 9.17) is 5.11 Å². The largest absolute Gasteiger partial charge is 0.478 e. The van der Waals surface area contributed by atoms with Crippen molar-refractivity contribution in [2.75, 3.05) is 0 Å². The number of fused-ring (bicyclic) bond motifs is 1. The van der Waals surface area contributed by atoms with E-state index in [1.165, 1.54) is 6.92 Å². The first kappa shape index (κ1) is 12.3. The van der Waals surface area contributed by atoms with Gasteiger partial charge in [0, 0.05) is 17.4 Å². The minimum atomic E-state index is -1.13. The molecule has 5 heteroatoms. The highest BCUT2D eigenvalue weighted by Gasteiger charge is 2.11. The van der Waals surface area contributed by atoms with Crippen molar-refractivity contribution in [2.45, 2.75) is 11.8 Å². The number of nitrogens with zero attached hydrogens (tertiary/aromatic N) is 1. The van der Waals surface area contributed by atoms with Gasteiger partial charge in [-0.15, -0.1) is 0 Å². The van der Waals surface area contributed by atoms with E-state index < -0.39 is 17.0 Å². The van der Waals surface area contributed by atoms with Gasteiger partial charge in [-0.1, -0.05) is 24.8 Å². The first-order chi connectivity index (χ1) is 7.52. The van der Waals surface area contributed by atoms with Crippen LogP contribution in [0.1, 0.15) is 12.5 Å². The quantitative estimate of drug-likeness (QED) is 0.757. The first-order valence-electron chi connectivity index (χ1n) is 4.46. The van der Waals surface area contributed by atoms with E-state index in [-0.39, 0.29) is 5.57 Å². The second-order valence-electron chi connectivity index (χ2n) is 3.11. The molecule has 1 aliphatic heterocycles. The van der Waals surface area contributed by atoms with Crippen LogP contribution >= 0.6 is 0 Å². The van der Waals surface area contributed by atoms with Crippen LogP contribution in [0, 0.1) is 0 Å². The van der Waals surface area contributed by atoms with Crippen molar-refractivity contribution in [3.05, 3.63) is 42.0 Å². The molecule has 1 heterocycles. The Labute approximate surface area is 95.9 Å². The summed E-state index contributed by atoms with van der Waals surface area (Å²) in [6, 6.07) is 7.51. The SMILES string of the molecule is C=C(C)C(=O)O.O=S1N=Cc2ccccc21. The normalized spacial score (nSPS) is 15.9. The molecule has 4 nitrogen and oxygen atoms in total. The van der Waals surface area contributed by atoms with Crippen LogP contribution in [0.3, 0.4) is 0 Å². The van der Waals surface area contributed by atoms with Crippen molar-refractivity contribution < 1.29 is 14.1 Å². The van der Waals surface area contributed by atoms with E-state index in [1.807, 2.05) is 24.3 Å². The summed E-state index contributed by atoms with van der Waals surface area (Å²) in [7, 11) is -1.13. The van der Waals surface area contributed by atoms with Crippen LogP contribution in [0.5, 0.6) is 0 Å².